The number of hydrogen-bond donors (Lipinski definition) is 0. The number of esters is 1. The number of rotatable bonds is 4. The summed E-state index contributed by atoms with van der Waals surface area (Å²) in [6.07, 6.45) is 0. The van der Waals surface area contributed by atoms with Gasteiger partial charge in [0.15, 0.2) is 5.78 Å². The molecule has 0 heterocycles. The lowest BCUT2D eigenvalue weighted by molar-refractivity contribution is -0.151. The van der Waals surface area contributed by atoms with E-state index >= 15 is 0 Å². The summed E-state index contributed by atoms with van der Waals surface area (Å²) >= 11 is 0. The molecule has 0 saturated carbocycles. The van der Waals surface area contributed by atoms with Crippen LogP contribution in [0.1, 0.15) is 13.8 Å². The zero-order chi connectivity index (χ0) is 8.85. The molecular formula is C7H11FO3. The first-order valence-corrected chi connectivity index (χ1v) is 3.38. The average Bonchev–Trinajstić information content (AvgIpc) is 2.02. The number of ether oxygens (including phenoxy) is 1. The normalized spacial score (nSPS) is 12.3. The van der Waals surface area contributed by atoms with Crippen LogP contribution in [0, 0.1) is 5.92 Å². The number of carbonyl (C=O) groups excluding carboxylic acids is 2. The molecule has 64 valence electrons. The van der Waals surface area contributed by atoms with Crippen molar-refractivity contribution in [3.8, 4) is 0 Å². The van der Waals surface area contributed by atoms with Crippen LogP contribution in [-0.2, 0) is 14.3 Å². The van der Waals surface area contributed by atoms with Crippen molar-refractivity contribution in [1.82, 2.24) is 0 Å². The molecule has 0 radical (unpaired) electrons. The molecule has 0 unspecified atom stereocenters. The third-order valence-electron chi connectivity index (χ3n) is 1.25. The fraction of sp³-hybridized carbons (Fsp3) is 0.714. The predicted molar refractivity (Wildman–Crippen MR) is 36.8 cm³/mol. The van der Waals surface area contributed by atoms with Crippen molar-refractivity contribution < 1.29 is 18.7 Å². The van der Waals surface area contributed by atoms with Crippen LogP contribution < -0.4 is 0 Å². The van der Waals surface area contributed by atoms with Gasteiger partial charge in [-0.1, -0.05) is 0 Å². The molecule has 11 heavy (non-hydrogen) atoms. The second-order valence-electron chi connectivity index (χ2n) is 2.07. The number of Topliss-reactive ketones (excluding diaryl/α,β-unsaturated/α-hetero) is 1. The van der Waals surface area contributed by atoms with Gasteiger partial charge in [0.05, 0.1) is 6.61 Å². The van der Waals surface area contributed by atoms with Gasteiger partial charge in [0.2, 0.25) is 0 Å². The molecule has 1 atom stereocenters. The van der Waals surface area contributed by atoms with Crippen LogP contribution >= 0.6 is 0 Å². The van der Waals surface area contributed by atoms with E-state index in [9.17, 15) is 14.0 Å². The third kappa shape index (κ3) is 3.11. The number of carbonyl (C=O) groups is 2. The van der Waals surface area contributed by atoms with E-state index in [0.717, 1.165) is 0 Å². The lowest BCUT2D eigenvalue weighted by atomic mass is 10.1. The molecule has 0 amide bonds. The summed E-state index contributed by atoms with van der Waals surface area (Å²) < 4.78 is 16.2. The zero-order valence-corrected chi connectivity index (χ0v) is 6.59. The van der Waals surface area contributed by atoms with Gasteiger partial charge < -0.3 is 4.74 Å². The van der Waals surface area contributed by atoms with Crippen molar-refractivity contribution >= 4 is 11.8 Å². The van der Waals surface area contributed by atoms with Crippen molar-refractivity contribution in [1.29, 1.82) is 0 Å². The molecule has 0 aromatic heterocycles. The molecule has 0 aliphatic heterocycles. The molecule has 0 rings (SSSR count). The highest BCUT2D eigenvalue weighted by Crippen LogP contribution is 2.00. The van der Waals surface area contributed by atoms with Crippen LogP contribution in [0.3, 0.4) is 0 Å². The van der Waals surface area contributed by atoms with E-state index in [1.54, 1.807) is 6.92 Å². The minimum absolute atomic E-state index is 0.211. The number of halogens is 1. The molecule has 0 saturated heterocycles. The Hall–Kier alpha value is -0.930. The largest absolute Gasteiger partial charge is 0.465 e. The first-order chi connectivity index (χ1) is 5.13. The molecule has 3 nitrogen and oxygen atoms in total. The standard InChI is InChI=1S/C7H11FO3/c1-3-11-7(10)5(2)6(9)4-8/h5H,3-4H2,1-2H3/t5-/m1/s1. The number of alkyl halides is 1. The van der Waals surface area contributed by atoms with Gasteiger partial charge in [0.25, 0.3) is 0 Å². The summed E-state index contributed by atoms with van der Waals surface area (Å²) in [6, 6.07) is 0. The van der Waals surface area contributed by atoms with Crippen molar-refractivity contribution in [3.05, 3.63) is 0 Å². The molecule has 0 aromatic carbocycles. The average molecular weight is 162 g/mol. The molecule has 0 aliphatic rings. The molecule has 0 N–H and O–H groups in total. The van der Waals surface area contributed by atoms with Gasteiger partial charge in [-0.2, -0.15) is 0 Å². The first kappa shape index (κ1) is 10.1. The molecule has 0 fully saturated rings. The quantitative estimate of drug-likeness (QED) is 0.452. The molecule has 4 heteroatoms. The van der Waals surface area contributed by atoms with E-state index in [4.69, 9.17) is 0 Å². The predicted octanol–water partition coefficient (Wildman–Crippen LogP) is 0.724. The second-order valence-corrected chi connectivity index (χ2v) is 2.07. The van der Waals surface area contributed by atoms with Gasteiger partial charge in [-0.3, -0.25) is 9.59 Å². The molecule has 0 spiro atoms. The van der Waals surface area contributed by atoms with Crippen LogP contribution in [0.5, 0.6) is 0 Å². The van der Waals surface area contributed by atoms with Crippen LogP contribution in [-0.4, -0.2) is 25.0 Å². The summed E-state index contributed by atoms with van der Waals surface area (Å²) in [6.45, 7) is 2.06. The Morgan fingerprint density at radius 1 is 1.55 bits per heavy atom. The monoisotopic (exact) mass is 162 g/mol. The van der Waals surface area contributed by atoms with Crippen molar-refractivity contribution in [2.45, 2.75) is 13.8 Å². The fourth-order valence-corrected chi connectivity index (χ4v) is 0.514. The van der Waals surface area contributed by atoms with Crippen LogP contribution in [0.25, 0.3) is 0 Å². The Kier molecular flexibility index (Phi) is 4.41. The highest BCUT2D eigenvalue weighted by molar-refractivity contribution is 5.99. The van der Waals surface area contributed by atoms with E-state index in [1.165, 1.54) is 6.92 Å². The maximum atomic E-state index is 11.7. The third-order valence-corrected chi connectivity index (χ3v) is 1.25. The summed E-state index contributed by atoms with van der Waals surface area (Å²) in [7, 11) is 0. The van der Waals surface area contributed by atoms with Gasteiger partial charge in [-0.05, 0) is 13.8 Å². The lowest BCUT2D eigenvalue weighted by Gasteiger charge is -2.05. The second kappa shape index (κ2) is 4.82. The Morgan fingerprint density at radius 2 is 2.09 bits per heavy atom. The molecule has 0 aliphatic carbocycles. The van der Waals surface area contributed by atoms with E-state index in [-0.39, 0.29) is 6.61 Å². The molecule has 0 aromatic rings. The summed E-state index contributed by atoms with van der Waals surface area (Å²) in [5.41, 5.74) is 0. The van der Waals surface area contributed by atoms with Crippen molar-refractivity contribution in [3.63, 3.8) is 0 Å². The lowest BCUT2D eigenvalue weighted by Crippen LogP contribution is -2.24. The minimum atomic E-state index is -1.11. The number of hydrogen-bond acceptors (Lipinski definition) is 3. The highest BCUT2D eigenvalue weighted by atomic mass is 19.1. The SMILES string of the molecule is CCOC(=O)[C@H](C)C(=O)CF. The molecular weight excluding hydrogens is 151 g/mol. The maximum Gasteiger partial charge on any atom is 0.316 e. The topological polar surface area (TPSA) is 43.4 Å². The van der Waals surface area contributed by atoms with Gasteiger partial charge in [0.1, 0.15) is 12.6 Å². The summed E-state index contributed by atoms with van der Waals surface area (Å²) in [4.78, 5) is 21.3. The van der Waals surface area contributed by atoms with Gasteiger partial charge in [0, 0.05) is 0 Å². The highest BCUT2D eigenvalue weighted by Gasteiger charge is 2.21. The maximum absolute atomic E-state index is 11.7. The van der Waals surface area contributed by atoms with Gasteiger partial charge in [-0.15, -0.1) is 0 Å². The fourth-order valence-electron chi connectivity index (χ4n) is 0.514. The molecule has 0 bridgehead atoms. The van der Waals surface area contributed by atoms with E-state index in [1.807, 2.05) is 0 Å². The van der Waals surface area contributed by atoms with Crippen LogP contribution in [0.15, 0.2) is 0 Å². The van der Waals surface area contributed by atoms with Crippen LogP contribution in [0.4, 0.5) is 4.39 Å². The van der Waals surface area contributed by atoms with E-state index < -0.39 is 24.3 Å². The minimum Gasteiger partial charge on any atom is -0.465 e. The van der Waals surface area contributed by atoms with Crippen molar-refractivity contribution in [2.75, 3.05) is 13.3 Å². The number of ketones is 1. The Bertz CT molecular complexity index is 156. The summed E-state index contributed by atoms with van der Waals surface area (Å²) in [5, 5.41) is 0. The van der Waals surface area contributed by atoms with E-state index in [2.05, 4.69) is 4.74 Å². The Labute approximate surface area is 64.5 Å². The Balaban J connectivity index is 3.91. The Morgan fingerprint density at radius 3 is 2.45 bits per heavy atom. The van der Waals surface area contributed by atoms with Crippen molar-refractivity contribution in [2.24, 2.45) is 5.92 Å². The van der Waals surface area contributed by atoms with Gasteiger partial charge >= 0.3 is 5.97 Å². The van der Waals surface area contributed by atoms with E-state index in [0.29, 0.717) is 0 Å². The van der Waals surface area contributed by atoms with Gasteiger partial charge in [-0.25, -0.2) is 4.39 Å². The zero-order valence-electron chi connectivity index (χ0n) is 6.59. The summed E-state index contributed by atoms with van der Waals surface area (Å²) in [5.74, 6) is -2.36. The van der Waals surface area contributed by atoms with Crippen LogP contribution in [0.2, 0.25) is 0 Å². The first-order valence-electron chi connectivity index (χ1n) is 3.38. The smallest absolute Gasteiger partial charge is 0.316 e.